The lowest BCUT2D eigenvalue weighted by atomic mass is 9.96. The highest BCUT2D eigenvalue weighted by atomic mass is 16.5. The molecule has 2 unspecified atom stereocenters. The normalized spacial score (nSPS) is 25.4. The van der Waals surface area contributed by atoms with Crippen LogP contribution in [0.2, 0.25) is 0 Å². The summed E-state index contributed by atoms with van der Waals surface area (Å²) in [6.45, 7) is 5.04. The summed E-state index contributed by atoms with van der Waals surface area (Å²) < 4.78 is 10.7. The average molecular weight is 279 g/mol. The van der Waals surface area contributed by atoms with E-state index in [1.54, 1.807) is 24.3 Å². The van der Waals surface area contributed by atoms with Crippen molar-refractivity contribution in [2.75, 3.05) is 19.8 Å². The summed E-state index contributed by atoms with van der Waals surface area (Å²) in [5, 5.41) is 13.1. The Bertz CT molecular complexity index is 459. The van der Waals surface area contributed by atoms with Crippen LogP contribution in [0.15, 0.2) is 24.3 Å². The monoisotopic (exact) mass is 279 g/mol. The van der Waals surface area contributed by atoms with Crippen molar-refractivity contribution in [3.63, 3.8) is 0 Å². The number of nitrogens with one attached hydrogen (secondary N) is 1. The molecule has 5 nitrogen and oxygen atoms in total. The van der Waals surface area contributed by atoms with E-state index in [1.165, 1.54) is 0 Å². The molecule has 1 aliphatic heterocycles. The van der Waals surface area contributed by atoms with Crippen molar-refractivity contribution < 1.29 is 19.4 Å². The smallest absolute Gasteiger partial charge is 0.251 e. The molecule has 2 rings (SSSR count). The topological polar surface area (TPSA) is 67.8 Å². The summed E-state index contributed by atoms with van der Waals surface area (Å²) in [6.07, 6.45) is 0.278. The molecular formula is C15H21NO4. The maximum atomic E-state index is 12.0. The van der Waals surface area contributed by atoms with E-state index in [2.05, 4.69) is 5.32 Å². The van der Waals surface area contributed by atoms with Gasteiger partial charge in [0, 0.05) is 25.1 Å². The Hall–Kier alpha value is -1.59. The number of carbonyl (C=O) groups is 1. The second kappa shape index (κ2) is 6.24. The Morgan fingerprint density at radius 2 is 2.20 bits per heavy atom. The second-order valence-electron chi connectivity index (χ2n) is 5.01. The summed E-state index contributed by atoms with van der Waals surface area (Å²) in [5.41, 5.74) is -0.426. The maximum absolute atomic E-state index is 12.0. The van der Waals surface area contributed by atoms with Gasteiger partial charge in [-0.15, -0.1) is 0 Å². The van der Waals surface area contributed by atoms with Gasteiger partial charge in [0.2, 0.25) is 0 Å². The second-order valence-corrected chi connectivity index (χ2v) is 5.01. The lowest BCUT2D eigenvalue weighted by Gasteiger charge is -2.26. The van der Waals surface area contributed by atoms with Gasteiger partial charge < -0.3 is 19.9 Å². The molecule has 1 aliphatic rings. The maximum Gasteiger partial charge on any atom is 0.251 e. The Labute approximate surface area is 118 Å². The van der Waals surface area contributed by atoms with Crippen molar-refractivity contribution in [2.24, 2.45) is 0 Å². The molecule has 0 spiro atoms. The number of aliphatic hydroxyl groups is 1. The van der Waals surface area contributed by atoms with E-state index in [9.17, 15) is 9.90 Å². The average Bonchev–Trinajstić information content (AvgIpc) is 2.78. The number of rotatable bonds is 5. The lowest BCUT2D eigenvalue weighted by molar-refractivity contribution is -0.0251. The molecule has 0 bridgehead atoms. The summed E-state index contributed by atoms with van der Waals surface area (Å²) in [7, 11) is 0. The van der Waals surface area contributed by atoms with Gasteiger partial charge in [0.15, 0.2) is 0 Å². The molecule has 1 fully saturated rings. The minimum atomic E-state index is -0.971. The fraction of sp³-hybridized carbons (Fsp3) is 0.533. The zero-order chi connectivity index (χ0) is 14.6. The first-order valence-corrected chi connectivity index (χ1v) is 6.90. The third kappa shape index (κ3) is 3.29. The third-order valence-corrected chi connectivity index (χ3v) is 3.64. The highest BCUT2D eigenvalue weighted by Gasteiger charge is 2.39. The fourth-order valence-electron chi connectivity index (χ4n) is 2.21. The van der Waals surface area contributed by atoms with Crippen molar-refractivity contribution in [1.82, 2.24) is 5.32 Å². The van der Waals surface area contributed by atoms with Gasteiger partial charge >= 0.3 is 0 Å². The van der Waals surface area contributed by atoms with Crippen molar-refractivity contribution in [2.45, 2.75) is 32.0 Å². The summed E-state index contributed by atoms with van der Waals surface area (Å²) in [5.74, 6) is 0.529. The van der Waals surface area contributed by atoms with Crippen LogP contribution in [-0.4, -0.2) is 42.5 Å². The molecule has 1 aromatic rings. The number of carbonyl (C=O) groups excluding carboxylic acids is 1. The molecule has 1 aromatic carbocycles. The van der Waals surface area contributed by atoms with Crippen molar-refractivity contribution in [1.29, 1.82) is 0 Å². The molecule has 2 atom stereocenters. The van der Waals surface area contributed by atoms with E-state index in [4.69, 9.17) is 9.47 Å². The Morgan fingerprint density at radius 3 is 2.75 bits per heavy atom. The molecule has 1 saturated heterocycles. The fourth-order valence-corrected chi connectivity index (χ4v) is 2.21. The molecule has 20 heavy (non-hydrogen) atoms. The SMILES string of the molecule is CCOc1ccc(C(=O)NCC2(O)CCOC2C)cc1. The quantitative estimate of drug-likeness (QED) is 0.854. The van der Waals surface area contributed by atoms with E-state index in [-0.39, 0.29) is 18.6 Å². The third-order valence-electron chi connectivity index (χ3n) is 3.64. The zero-order valence-electron chi connectivity index (χ0n) is 11.9. The van der Waals surface area contributed by atoms with Crippen LogP contribution in [0.1, 0.15) is 30.6 Å². The first kappa shape index (κ1) is 14.8. The number of benzene rings is 1. The van der Waals surface area contributed by atoms with Gasteiger partial charge in [-0.3, -0.25) is 4.79 Å². The lowest BCUT2D eigenvalue weighted by Crippen LogP contribution is -2.47. The summed E-state index contributed by atoms with van der Waals surface area (Å²) in [6, 6.07) is 6.93. The summed E-state index contributed by atoms with van der Waals surface area (Å²) >= 11 is 0. The van der Waals surface area contributed by atoms with Crippen LogP contribution in [-0.2, 0) is 4.74 Å². The number of amides is 1. The Morgan fingerprint density at radius 1 is 1.50 bits per heavy atom. The van der Waals surface area contributed by atoms with Crippen molar-refractivity contribution in [3.8, 4) is 5.75 Å². The van der Waals surface area contributed by atoms with E-state index >= 15 is 0 Å². The van der Waals surface area contributed by atoms with E-state index < -0.39 is 5.60 Å². The molecule has 0 radical (unpaired) electrons. The van der Waals surface area contributed by atoms with E-state index in [0.29, 0.717) is 25.2 Å². The van der Waals surface area contributed by atoms with Gasteiger partial charge in [-0.05, 0) is 38.1 Å². The first-order chi connectivity index (χ1) is 9.55. The van der Waals surface area contributed by atoms with Gasteiger partial charge in [-0.25, -0.2) is 0 Å². The van der Waals surface area contributed by atoms with Crippen LogP contribution in [0, 0.1) is 0 Å². The molecule has 1 amide bonds. The van der Waals surface area contributed by atoms with Crippen molar-refractivity contribution >= 4 is 5.91 Å². The van der Waals surface area contributed by atoms with Crippen LogP contribution in [0.4, 0.5) is 0 Å². The van der Waals surface area contributed by atoms with Crippen LogP contribution in [0.3, 0.4) is 0 Å². The Balaban J connectivity index is 1.91. The van der Waals surface area contributed by atoms with Crippen LogP contribution in [0.25, 0.3) is 0 Å². The van der Waals surface area contributed by atoms with Gasteiger partial charge in [-0.1, -0.05) is 0 Å². The van der Waals surface area contributed by atoms with Gasteiger partial charge in [0.25, 0.3) is 5.91 Å². The van der Waals surface area contributed by atoms with Crippen LogP contribution in [0.5, 0.6) is 5.75 Å². The predicted molar refractivity (Wildman–Crippen MR) is 74.9 cm³/mol. The minimum absolute atomic E-state index is 0.195. The van der Waals surface area contributed by atoms with E-state index in [1.807, 2.05) is 13.8 Å². The largest absolute Gasteiger partial charge is 0.494 e. The number of ether oxygens (including phenoxy) is 2. The first-order valence-electron chi connectivity index (χ1n) is 6.90. The van der Waals surface area contributed by atoms with Crippen LogP contribution < -0.4 is 10.1 Å². The van der Waals surface area contributed by atoms with Gasteiger partial charge in [0.05, 0.1) is 12.7 Å². The highest BCUT2D eigenvalue weighted by molar-refractivity contribution is 5.94. The Kier molecular flexibility index (Phi) is 4.62. The molecule has 5 heteroatoms. The minimum Gasteiger partial charge on any atom is -0.494 e. The zero-order valence-corrected chi connectivity index (χ0v) is 11.9. The van der Waals surface area contributed by atoms with Crippen LogP contribution >= 0.6 is 0 Å². The standard InChI is InChI=1S/C15H21NO4/c1-3-19-13-6-4-12(5-7-13)14(17)16-10-15(18)8-9-20-11(15)2/h4-7,11,18H,3,8-10H2,1-2H3,(H,16,17). The molecule has 110 valence electrons. The molecule has 0 aliphatic carbocycles. The highest BCUT2D eigenvalue weighted by Crippen LogP contribution is 2.24. The molecule has 0 saturated carbocycles. The van der Waals surface area contributed by atoms with E-state index in [0.717, 1.165) is 5.75 Å². The molecule has 0 aromatic heterocycles. The van der Waals surface area contributed by atoms with Crippen molar-refractivity contribution in [3.05, 3.63) is 29.8 Å². The molecule has 1 heterocycles. The van der Waals surface area contributed by atoms with Gasteiger partial charge in [-0.2, -0.15) is 0 Å². The molecule has 2 N–H and O–H groups in total. The molecular weight excluding hydrogens is 258 g/mol. The van der Waals surface area contributed by atoms with Gasteiger partial charge in [0.1, 0.15) is 11.4 Å². The predicted octanol–water partition coefficient (Wildman–Crippen LogP) is 1.35. The number of hydrogen-bond acceptors (Lipinski definition) is 4. The number of hydrogen-bond donors (Lipinski definition) is 2. The summed E-state index contributed by atoms with van der Waals surface area (Å²) in [4.78, 5) is 12.0.